The van der Waals surface area contributed by atoms with Gasteiger partial charge in [-0.2, -0.15) is 11.3 Å². The van der Waals surface area contributed by atoms with E-state index >= 15 is 0 Å². The van der Waals surface area contributed by atoms with Gasteiger partial charge in [-0.1, -0.05) is 0 Å². The molecule has 3 heteroatoms. The van der Waals surface area contributed by atoms with Crippen molar-refractivity contribution in [2.75, 3.05) is 6.61 Å². The molecule has 1 rings (SSSR count). The first kappa shape index (κ1) is 9.66. The number of rotatable bonds is 2. The molecule has 0 aliphatic carbocycles. The quantitative estimate of drug-likeness (QED) is 0.616. The monoisotopic (exact) mass is 152 g/mol. The zero-order valence-corrected chi connectivity index (χ0v) is 5.32. The summed E-state index contributed by atoms with van der Waals surface area (Å²) in [6.07, 6.45) is 0.795. The SMILES string of the molecule is OCCc1ccsc1.[NaH]. The Labute approximate surface area is 81.0 Å². The Balaban J connectivity index is 0.000000640. The second-order valence-corrected chi connectivity index (χ2v) is 2.39. The van der Waals surface area contributed by atoms with Crippen molar-refractivity contribution in [3.63, 3.8) is 0 Å². The van der Waals surface area contributed by atoms with Crippen molar-refractivity contribution in [2.45, 2.75) is 6.42 Å². The molecule has 0 saturated carbocycles. The van der Waals surface area contributed by atoms with E-state index in [4.69, 9.17) is 5.11 Å². The van der Waals surface area contributed by atoms with Crippen LogP contribution in [0.1, 0.15) is 5.56 Å². The molecule has 0 aliphatic heterocycles. The second-order valence-electron chi connectivity index (χ2n) is 1.61. The Hall–Kier alpha value is 0.660. The zero-order valence-electron chi connectivity index (χ0n) is 4.50. The summed E-state index contributed by atoms with van der Waals surface area (Å²) in [6, 6.07) is 2.03. The van der Waals surface area contributed by atoms with Crippen molar-refractivity contribution < 1.29 is 5.11 Å². The van der Waals surface area contributed by atoms with Crippen LogP contribution < -0.4 is 0 Å². The Kier molecular flexibility index (Phi) is 5.84. The van der Waals surface area contributed by atoms with E-state index in [2.05, 4.69) is 5.38 Å². The summed E-state index contributed by atoms with van der Waals surface area (Å²) in [6.45, 7) is 0.261. The third kappa shape index (κ3) is 3.38. The summed E-state index contributed by atoms with van der Waals surface area (Å²) >= 11 is 1.67. The van der Waals surface area contributed by atoms with Crippen LogP contribution in [0.4, 0.5) is 0 Å². The van der Waals surface area contributed by atoms with Crippen LogP contribution in [-0.4, -0.2) is 41.3 Å². The Morgan fingerprint density at radius 2 is 2.33 bits per heavy atom. The predicted molar refractivity (Wildman–Crippen MR) is 42.3 cm³/mol. The molecule has 0 aromatic carbocycles. The van der Waals surface area contributed by atoms with E-state index in [9.17, 15) is 0 Å². The van der Waals surface area contributed by atoms with E-state index < -0.39 is 0 Å². The molecule has 9 heavy (non-hydrogen) atoms. The van der Waals surface area contributed by atoms with Gasteiger partial charge in [0, 0.05) is 6.61 Å². The molecule has 0 fully saturated rings. The van der Waals surface area contributed by atoms with Crippen molar-refractivity contribution >= 4 is 40.9 Å². The summed E-state index contributed by atoms with van der Waals surface area (Å²) in [5.74, 6) is 0. The van der Waals surface area contributed by atoms with E-state index in [1.807, 2.05) is 11.4 Å². The molecule has 0 spiro atoms. The molecular formula is C6H9NaOS. The molecule has 1 aromatic heterocycles. The molecule has 46 valence electrons. The molecule has 1 heterocycles. The van der Waals surface area contributed by atoms with Gasteiger partial charge >= 0.3 is 29.6 Å². The van der Waals surface area contributed by atoms with E-state index in [-0.39, 0.29) is 36.2 Å². The minimum absolute atomic E-state index is 0. The summed E-state index contributed by atoms with van der Waals surface area (Å²) in [5.41, 5.74) is 1.23. The fourth-order valence-electron chi connectivity index (χ4n) is 0.564. The van der Waals surface area contributed by atoms with Crippen LogP contribution in [0.2, 0.25) is 0 Å². The van der Waals surface area contributed by atoms with Gasteiger partial charge in [0.25, 0.3) is 0 Å². The average molecular weight is 152 g/mol. The molecule has 1 nitrogen and oxygen atoms in total. The molecule has 0 atom stereocenters. The average Bonchev–Trinajstić information content (AvgIpc) is 2.19. The second kappa shape index (κ2) is 5.45. The fourth-order valence-corrected chi connectivity index (χ4v) is 1.27. The van der Waals surface area contributed by atoms with Crippen molar-refractivity contribution in [1.82, 2.24) is 0 Å². The van der Waals surface area contributed by atoms with Crippen molar-refractivity contribution in [3.8, 4) is 0 Å². The van der Waals surface area contributed by atoms with Crippen LogP contribution in [0.15, 0.2) is 16.8 Å². The topological polar surface area (TPSA) is 20.2 Å². The van der Waals surface area contributed by atoms with Crippen molar-refractivity contribution in [1.29, 1.82) is 0 Å². The third-order valence-electron chi connectivity index (χ3n) is 0.981. The minimum atomic E-state index is 0. The van der Waals surface area contributed by atoms with E-state index in [1.54, 1.807) is 11.3 Å². The maximum absolute atomic E-state index is 8.44. The van der Waals surface area contributed by atoms with Gasteiger partial charge < -0.3 is 5.11 Å². The van der Waals surface area contributed by atoms with Gasteiger partial charge in [-0.25, -0.2) is 0 Å². The van der Waals surface area contributed by atoms with Gasteiger partial charge in [-0.05, 0) is 28.8 Å². The van der Waals surface area contributed by atoms with Gasteiger partial charge in [-0.3, -0.25) is 0 Å². The standard InChI is InChI=1S/C6H8OS.Na.H/c7-3-1-6-2-4-8-5-6;;/h2,4-5,7H,1,3H2;;. The Morgan fingerprint density at radius 3 is 2.78 bits per heavy atom. The number of thiophene rings is 1. The normalized spacial score (nSPS) is 8.56. The van der Waals surface area contributed by atoms with E-state index in [1.165, 1.54) is 5.56 Å². The van der Waals surface area contributed by atoms with Gasteiger partial charge in [0.1, 0.15) is 0 Å². The molecule has 0 amide bonds. The number of hydrogen-bond acceptors (Lipinski definition) is 2. The van der Waals surface area contributed by atoms with Crippen LogP contribution in [0.5, 0.6) is 0 Å². The zero-order chi connectivity index (χ0) is 5.82. The van der Waals surface area contributed by atoms with Gasteiger partial charge in [-0.15, -0.1) is 0 Å². The molecule has 0 radical (unpaired) electrons. The summed E-state index contributed by atoms with van der Waals surface area (Å²) in [4.78, 5) is 0. The summed E-state index contributed by atoms with van der Waals surface area (Å²) in [7, 11) is 0. The maximum atomic E-state index is 8.44. The summed E-state index contributed by atoms with van der Waals surface area (Å²) < 4.78 is 0. The molecule has 0 unspecified atom stereocenters. The van der Waals surface area contributed by atoms with E-state index in [0.717, 1.165) is 6.42 Å². The van der Waals surface area contributed by atoms with Crippen LogP contribution in [0.3, 0.4) is 0 Å². The first-order valence-corrected chi connectivity index (χ1v) is 3.49. The van der Waals surface area contributed by atoms with Crippen LogP contribution in [0, 0.1) is 0 Å². The van der Waals surface area contributed by atoms with Crippen LogP contribution >= 0.6 is 11.3 Å². The van der Waals surface area contributed by atoms with E-state index in [0.29, 0.717) is 0 Å². The Bertz CT molecular complexity index is 139. The van der Waals surface area contributed by atoms with Crippen molar-refractivity contribution in [2.24, 2.45) is 0 Å². The van der Waals surface area contributed by atoms with Gasteiger partial charge in [0.15, 0.2) is 0 Å². The number of aliphatic hydroxyl groups is 1. The molecule has 0 saturated heterocycles. The van der Waals surface area contributed by atoms with Gasteiger partial charge in [0.2, 0.25) is 0 Å². The number of hydrogen-bond donors (Lipinski definition) is 1. The number of aliphatic hydroxyl groups excluding tert-OH is 1. The Morgan fingerprint density at radius 1 is 1.56 bits per heavy atom. The van der Waals surface area contributed by atoms with Gasteiger partial charge in [0.05, 0.1) is 0 Å². The summed E-state index contributed by atoms with van der Waals surface area (Å²) in [5, 5.41) is 12.5. The first-order chi connectivity index (χ1) is 3.93. The molecule has 0 aliphatic rings. The first-order valence-electron chi connectivity index (χ1n) is 2.55. The van der Waals surface area contributed by atoms with Crippen LogP contribution in [0.25, 0.3) is 0 Å². The molecule has 1 N–H and O–H groups in total. The predicted octanol–water partition coefficient (Wildman–Crippen LogP) is 0.634. The molecule has 1 aromatic rings. The molecular weight excluding hydrogens is 143 g/mol. The fraction of sp³-hybridized carbons (Fsp3) is 0.333. The molecule has 0 bridgehead atoms. The van der Waals surface area contributed by atoms with Crippen molar-refractivity contribution in [3.05, 3.63) is 22.4 Å². The third-order valence-corrected chi connectivity index (χ3v) is 1.71. The van der Waals surface area contributed by atoms with Crippen LogP contribution in [-0.2, 0) is 6.42 Å².